The Morgan fingerprint density at radius 2 is 2.33 bits per heavy atom. The van der Waals surface area contributed by atoms with Gasteiger partial charge in [0.1, 0.15) is 18.1 Å². The molecule has 1 aromatic rings. The van der Waals surface area contributed by atoms with Crippen LogP contribution in [0.15, 0.2) is 16.5 Å². The summed E-state index contributed by atoms with van der Waals surface area (Å²) < 4.78 is 5.46. The molecule has 4 heteroatoms. The minimum atomic E-state index is -0.0159. The van der Waals surface area contributed by atoms with Gasteiger partial charge in [-0.25, -0.2) is 0 Å². The van der Waals surface area contributed by atoms with Gasteiger partial charge < -0.3 is 14.8 Å². The van der Waals surface area contributed by atoms with E-state index in [2.05, 4.69) is 17.1 Å². The second kappa shape index (κ2) is 4.79. The van der Waals surface area contributed by atoms with Gasteiger partial charge in [-0.2, -0.15) is 0 Å². The summed E-state index contributed by atoms with van der Waals surface area (Å²) in [4.78, 5) is 2.36. The Morgan fingerprint density at radius 3 is 3.00 bits per heavy atom. The van der Waals surface area contributed by atoms with Crippen LogP contribution in [0.4, 0.5) is 0 Å². The van der Waals surface area contributed by atoms with Crippen LogP contribution in [0.5, 0.6) is 0 Å². The van der Waals surface area contributed by atoms with Crippen molar-refractivity contribution in [3.05, 3.63) is 23.7 Å². The fourth-order valence-electron chi connectivity index (χ4n) is 1.97. The van der Waals surface area contributed by atoms with Gasteiger partial charge in [0.2, 0.25) is 0 Å². The molecule has 0 amide bonds. The van der Waals surface area contributed by atoms with Crippen molar-refractivity contribution in [3.63, 3.8) is 0 Å². The van der Waals surface area contributed by atoms with Gasteiger partial charge in [-0.3, -0.25) is 4.90 Å². The molecule has 1 aliphatic rings. The molecule has 1 fully saturated rings. The fraction of sp³-hybridized carbons (Fsp3) is 0.636. The Kier molecular flexibility index (Phi) is 3.41. The highest BCUT2D eigenvalue weighted by Gasteiger charge is 2.16. The normalized spacial score (nSPS) is 23.2. The third kappa shape index (κ3) is 2.81. The van der Waals surface area contributed by atoms with E-state index in [0.717, 1.165) is 31.9 Å². The van der Waals surface area contributed by atoms with E-state index in [-0.39, 0.29) is 6.61 Å². The Hall–Kier alpha value is -0.840. The van der Waals surface area contributed by atoms with Gasteiger partial charge in [-0.05, 0) is 19.1 Å². The summed E-state index contributed by atoms with van der Waals surface area (Å²) in [5.41, 5.74) is 0. The molecule has 0 saturated carbocycles. The number of aliphatic hydroxyl groups is 1. The predicted octanol–water partition coefficient (Wildman–Crippen LogP) is 0.566. The first-order valence-electron chi connectivity index (χ1n) is 5.42. The molecule has 1 aromatic heterocycles. The molecule has 84 valence electrons. The first kappa shape index (κ1) is 10.7. The molecule has 0 aliphatic carbocycles. The van der Waals surface area contributed by atoms with Crippen molar-refractivity contribution in [1.82, 2.24) is 10.2 Å². The second-order valence-electron chi connectivity index (χ2n) is 4.12. The Bertz CT molecular complexity index is 311. The Balaban J connectivity index is 1.90. The van der Waals surface area contributed by atoms with Gasteiger partial charge in [0.05, 0.1) is 6.54 Å². The van der Waals surface area contributed by atoms with Crippen LogP contribution in [0.2, 0.25) is 0 Å². The van der Waals surface area contributed by atoms with Gasteiger partial charge in [-0.1, -0.05) is 0 Å². The monoisotopic (exact) mass is 210 g/mol. The number of hydrogen-bond acceptors (Lipinski definition) is 4. The van der Waals surface area contributed by atoms with Crippen LogP contribution < -0.4 is 5.32 Å². The van der Waals surface area contributed by atoms with Crippen molar-refractivity contribution < 1.29 is 9.52 Å². The van der Waals surface area contributed by atoms with Crippen molar-refractivity contribution >= 4 is 0 Å². The Labute approximate surface area is 89.9 Å². The molecular weight excluding hydrogens is 192 g/mol. The third-order valence-corrected chi connectivity index (χ3v) is 2.71. The molecule has 4 nitrogen and oxygen atoms in total. The summed E-state index contributed by atoms with van der Waals surface area (Å²) in [6, 6.07) is 4.32. The summed E-state index contributed by atoms with van der Waals surface area (Å²) in [5.74, 6) is 1.58. The van der Waals surface area contributed by atoms with Crippen molar-refractivity contribution in [1.29, 1.82) is 0 Å². The van der Waals surface area contributed by atoms with Crippen molar-refractivity contribution in [2.75, 3.05) is 19.6 Å². The second-order valence-corrected chi connectivity index (χ2v) is 4.12. The number of hydrogen-bond donors (Lipinski definition) is 2. The molecule has 1 atom stereocenters. The maximum absolute atomic E-state index is 8.88. The van der Waals surface area contributed by atoms with E-state index >= 15 is 0 Å². The molecule has 1 saturated heterocycles. The van der Waals surface area contributed by atoms with E-state index in [9.17, 15) is 0 Å². The van der Waals surface area contributed by atoms with Crippen LogP contribution in [0.25, 0.3) is 0 Å². The van der Waals surface area contributed by atoms with Gasteiger partial charge in [-0.15, -0.1) is 0 Å². The van der Waals surface area contributed by atoms with Crippen LogP contribution in [-0.2, 0) is 13.2 Å². The summed E-state index contributed by atoms with van der Waals surface area (Å²) in [7, 11) is 0. The molecular formula is C11H18N2O2. The molecule has 15 heavy (non-hydrogen) atoms. The maximum atomic E-state index is 8.88. The molecule has 2 rings (SSSR count). The minimum Gasteiger partial charge on any atom is -0.462 e. The highest BCUT2D eigenvalue weighted by Crippen LogP contribution is 2.11. The van der Waals surface area contributed by atoms with Crippen LogP contribution in [-0.4, -0.2) is 35.7 Å². The lowest BCUT2D eigenvalue weighted by atomic mass is 10.2. The van der Waals surface area contributed by atoms with Gasteiger partial charge in [0, 0.05) is 25.7 Å². The quantitative estimate of drug-likeness (QED) is 0.765. The molecule has 0 unspecified atom stereocenters. The lowest BCUT2D eigenvalue weighted by Crippen LogP contribution is -2.48. The van der Waals surface area contributed by atoms with E-state index in [1.54, 1.807) is 0 Å². The molecule has 0 radical (unpaired) electrons. The third-order valence-electron chi connectivity index (χ3n) is 2.71. The number of furan rings is 1. The fourth-order valence-corrected chi connectivity index (χ4v) is 1.97. The molecule has 0 aromatic carbocycles. The molecule has 2 heterocycles. The topological polar surface area (TPSA) is 48.6 Å². The first-order chi connectivity index (χ1) is 7.28. The van der Waals surface area contributed by atoms with E-state index in [1.807, 2.05) is 12.1 Å². The van der Waals surface area contributed by atoms with E-state index in [1.165, 1.54) is 0 Å². The zero-order valence-electron chi connectivity index (χ0n) is 9.07. The lowest BCUT2D eigenvalue weighted by molar-refractivity contribution is 0.180. The van der Waals surface area contributed by atoms with Gasteiger partial charge in [0.15, 0.2) is 0 Å². The van der Waals surface area contributed by atoms with Crippen LogP contribution >= 0.6 is 0 Å². The van der Waals surface area contributed by atoms with E-state index in [4.69, 9.17) is 9.52 Å². The van der Waals surface area contributed by atoms with Crippen molar-refractivity contribution in [2.24, 2.45) is 0 Å². The standard InChI is InChI=1S/C11H18N2O2/c1-9-6-13(5-4-12-9)7-10-2-3-11(8-14)15-10/h2-3,9,12,14H,4-8H2,1H3/t9-/m1/s1. The van der Waals surface area contributed by atoms with Crippen molar-refractivity contribution in [2.45, 2.75) is 26.1 Å². The molecule has 1 aliphatic heterocycles. The minimum absolute atomic E-state index is 0.0159. The summed E-state index contributed by atoms with van der Waals surface area (Å²) in [6.45, 7) is 6.15. The average molecular weight is 210 g/mol. The number of nitrogens with zero attached hydrogens (tertiary/aromatic N) is 1. The summed E-state index contributed by atoms with van der Waals surface area (Å²) in [5, 5.41) is 12.3. The number of aliphatic hydroxyl groups excluding tert-OH is 1. The highest BCUT2D eigenvalue weighted by atomic mass is 16.4. The molecule has 0 spiro atoms. The van der Waals surface area contributed by atoms with Gasteiger partial charge in [0.25, 0.3) is 0 Å². The van der Waals surface area contributed by atoms with Crippen LogP contribution in [0.1, 0.15) is 18.4 Å². The molecule has 0 bridgehead atoms. The van der Waals surface area contributed by atoms with Gasteiger partial charge >= 0.3 is 0 Å². The van der Waals surface area contributed by atoms with Crippen molar-refractivity contribution in [3.8, 4) is 0 Å². The first-order valence-corrected chi connectivity index (χ1v) is 5.42. The summed E-state index contributed by atoms with van der Waals surface area (Å²) >= 11 is 0. The lowest BCUT2D eigenvalue weighted by Gasteiger charge is -2.31. The summed E-state index contributed by atoms with van der Waals surface area (Å²) in [6.07, 6.45) is 0. The Morgan fingerprint density at radius 1 is 1.53 bits per heavy atom. The predicted molar refractivity (Wildman–Crippen MR) is 57.4 cm³/mol. The number of rotatable bonds is 3. The smallest absolute Gasteiger partial charge is 0.129 e. The van der Waals surface area contributed by atoms with Crippen LogP contribution in [0, 0.1) is 0 Å². The van der Waals surface area contributed by atoms with Crippen LogP contribution in [0.3, 0.4) is 0 Å². The van der Waals surface area contributed by atoms with E-state index < -0.39 is 0 Å². The largest absolute Gasteiger partial charge is 0.462 e. The molecule has 2 N–H and O–H groups in total. The maximum Gasteiger partial charge on any atom is 0.129 e. The average Bonchev–Trinajstić information content (AvgIpc) is 2.65. The number of nitrogens with one attached hydrogen (secondary N) is 1. The zero-order chi connectivity index (χ0) is 10.7. The SMILES string of the molecule is C[C@@H]1CN(Cc2ccc(CO)o2)CCN1. The zero-order valence-corrected chi connectivity index (χ0v) is 9.07. The number of piperazine rings is 1. The van der Waals surface area contributed by atoms with E-state index in [0.29, 0.717) is 11.8 Å². The highest BCUT2D eigenvalue weighted by molar-refractivity contribution is 5.06.